The Hall–Kier alpha value is -0.770. The Labute approximate surface area is 120 Å². The zero-order valence-electron chi connectivity index (χ0n) is 9.70. The molecule has 0 fully saturated rings. The highest BCUT2D eigenvalue weighted by Gasteiger charge is 2.20. The molecule has 3 rings (SSSR count). The Kier molecular flexibility index (Phi) is 3.46. The number of anilines is 1. The van der Waals surface area contributed by atoms with E-state index in [9.17, 15) is 0 Å². The highest BCUT2D eigenvalue weighted by atomic mass is 35.5. The average Bonchev–Trinajstić information content (AvgIpc) is 2.85. The first-order valence-corrected chi connectivity index (χ1v) is 7.57. The molecule has 2 nitrogen and oxygen atoms in total. The van der Waals surface area contributed by atoms with Gasteiger partial charge in [0, 0.05) is 30.0 Å². The summed E-state index contributed by atoms with van der Waals surface area (Å²) >= 11 is 13.9. The van der Waals surface area contributed by atoms with Gasteiger partial charge in [-0.25, -0.2) is 4.98 Å². The van der Waals surface area contributed by atoms with Crippen molar-refractivity contribution in [2.75, 3.05) is 11.4 Å². The zero-order valence-corrected chi connectivity index (χ0v) is 12.0. The van der Waals surface area contributed by atoms with Crippen molar-refractivity contribution in [3.63, 3.8) is 0 Å². The molecule has 2 aromatic heterocycles. The van der Waals surface area contributed by atoms with E-state index >= 15 is 0 Å². The minimum Gasteiger partial charge on any atom is -0.351 e. The minimum absolute atomic E-state index is 0.446. The van der Waals surface area contributed by atoms with E-state index in [1.165, 1.54) is 10.4 Å². The lowest BCUT2D eigenvalue weighted by atomic mass is 10.1. The van der Waals surface area contributed by atoms with Crippen LogP contribution >= 0.6 is 34.5 Å². The van der Waals surface area contributed by atoms with E-state index in [0.717, 1.165) is 30.9 Å². The fourth-order valence-corrected chi connectivity index (χ4v) is 3.55. The van der Waals surface area contributed by atoms with Crippen LogP contribution in [0.4, 0.5) is 5.82 Å². The second-order valence-corrected chi connectivity index (χ2v) is 6.00. The van der Waals surface area contributed by atoms with E-state index in [1.54, 1.807) is 6.20 Å². The lowest BCUT2D eigenvalue weighted by molar-refractivity contribution is 0.732. The molecular weight excluding hydrogens is 287 g/mol. The second kappa shape index (κ2) is 5.08. The topological polar surface area (TPSA) is 16.1 Å². The van der Waals surface area contributed by atoms with E-state index in [-0.39, 0.29) is 0 Å². The molecule has 0 unspecified atom stereocenters. The Bertz CT molecular complexity index is 568. The molecule has 0 saturated carbocycles. The van der Waals surface area contributed by atoms with Gasteiger partial charge in [0.25, 0.3) is 0 Å². The maximum absolute atomic E-state index is 6.28. The summed E-state index contributed by atoms with van der Waals surface area (Å²) in [5.41, 5.74) is 2.35. The maximum Gasteiger partial charge on any atom is 0.147 e. The van der Waals surface area contributed by atoms with Crippen LogP contribution in [-0.2, 0) is 18.8 Å². The van der Waals surface area contributed by atoms with Gasteiger partial charge in [0.15, 0.2) is 0 Å². The lowest BCUT2D eigenvalue weighted by Crippen LogP contribution is -2.30. The van der Waals surface area contributed by atoms with Crippen LogP contribution in [0.25, 0.3) is 0 Å². The number of pyridine rings is 1. The normalized spacial score (nSPS) is 14.7. The third-order valence-electron chi connectivity index (χ3n) is 3.14. The van der Waals surface area contributed by atoms with E-state index < -0.39 is 0 Å². The molecule has 2 aromatic rings. The fraction of sp³-hybridized carbons (Fsp3) is 0.308. The lowest BCUT2D eigenvalue weighted by Gasteiger charge is -2.28. The summed E-state index contributed by atoms with van der Waals surface area (Å²) in [6.07, 6.45) is 2.87. The van der Waals surface area contributed by atoms with Crippen molar-refractivity contribution in [1.29, 1.82) is 0 Å². The SMILES string of the molecule is ClCc1cnc(N2CCc3sccc3C2)c(Cl)c1. The quantitative estimate of drug-likeness (QED) is 0.776. The van der Waals surface area contributed by atoms with Gasteiger partial charge in [-0.1, -0.05) is 11.6 Å². The van der Waals surface area contributed by atoms with Crippen LogP contribution < -0.4 is 4.90 Å². The van der Waals surface area contributed by atoms with Gasteiger partial charge in [-0.15, -0.1) is 22.9 Å². The van der Waals surface area contributed by atoms with Crippen molar-refractivity contribution in [2.45, 2.75) is 18.8 Å². The zero-order chi connectivity index (χ0) is 12.5. The highest BCUT2D eigenvalue weighted by Crippen LogP contribution is 2.31. The Morgan fingerprint density at radius 2 is 2.33 bits per heavy atom. The third kappa shape index (κ3) is 2.22. The Morgan fingerprint density at radius 1 is 1.44 bits per heavy atom. The molecule has 0 spiro atoms. The van der Waals surface area contributed by atoms with Gasteiger partial charge >= 0.3 is 0 Å². The van der Waals surface area contributed by atoms with Crippen molar-refractivity contribution in [1.82, 2.24) is 4.98 Å². The summed E-state index contributed by atoms with van der Waals surface area (Å²) in [5.74, 6) is 1.31. The molecule has 1 aliphatic rings. The number of alkyl halides is 1. The molecule has 0 atom stereocenters. The van der Waals surface area contributed by atoms with Crippen LogP contribution in [0.1, 0.15) is 16.0 Å². The molecule has 94 valence electrons. The summed E-state index contributed by atoms with van der Waals surface area (Å²) in [6, 6.07) is 4.09. The van der Waals surface area contributed by atoms with Crippen LogP contribution in [0.3, 0.4) is 0 Å². The minimum atomic E-state index is 0.446. The largest absolute Gasteiger partial charge is 0.351 e. The molecule has 0 amide bonds. The Morgan fingerprint density at radius 3 is 3.11 bits per heavy atom. The number of hydrogen-bond acceptors (Lipinski definition) is 3. The molecule has 18 heavy (non-hydrogen) atoms. The van der Waals surface area contributed by atoms with Crippen LogP contribution in [0.5, 0.6) is 0 Å². The summed E-state index contributed by atoms with van der Waals surface area (Å²) in [5, 5.41) is 2.84. The molecule has 3 heterocycles. The molecule has 0 radical (unpaired) electrons. The van der Waals surface area contributed by atoms with E-state index in [1.807, 2.05) is 17.4 Å². The molecular formula is C13H12Cl2N2S. The third-order valence-corrected chi connectivity index (χ3v) is 4.75. The van der Waals surface area contributed by atoms with Gasteiger partial charge in [0.2, 0.25) is 0 Å². The first kappa shape index (κ1) is 12.3. The highest BCUT2D eigenvalue weighted by molar-refractivity contribution is 7.10. The Balaban J connectivity index is 1.88. The van der Waals surface area contributed by atoms with Crippen molar-refractivity contribution < 1.29 is 0 Å². The molecule has 0 saturated heterocycles. The molecule has 0 aromatic carbocycles. The van der Waals surface area contributed by atoms with E-state index in [4.69, 9.17) is 23.2 Å². The molecule has 0 aliphatic carbocycles. The van der Waals surface area contributed by atoms with Crippen LogP contribution in [0.15, 0.2) is 23.7 Å². The van der Waals surface area contributed by atoms with Crippen molar-refractivity contribution in [3.8, 4) is 0 Å². The number of halogens is 2. The summed E-state index contributed by atoms with van der Waals surface area (Å²) in [4.78, 5) is 8.16. The number of hydrogen-bond donors (Lipinski definition) is 0. The molecule has 0 N–H and O–H groups in total. The van der Waals surface area contributed by atoms with E-state index in [2.05, 4.69) is 21.3 Å². The average molecular weight is 299 g/mol. The van der Waals surface area contributed by atoms with Gasteiger partial charge in [0.05, 0.1) is 5.02 Å². The van der Waals surface area contributed by atoms with Gasteiger partial charge in [-0.3, -0.25) is 0 Å². The number of nitrogens with zero attached hydrogens (tertiary/aromatic N) is 2. The van der Waals surface area contributed by atoms with Crippen LogP contribution in [0, 0.1) is 0 Å². The van der Waals surface area contributed by atoms with Gasteiger partial charge in [-0.2, -0.15) is 0 Å². The molecule has 1 aliphatic heterocycles. The number of rotatable bonds is 2. The number of thiophene rings is 1. The van der Waals surface area contributed by atoms with Gasteiger partial charge < -0.3 is 4.90 Å². The van der Waals surface area contributed by atoms with Crippen LogP contribution in [-0.4, -0.2) is 11.5 Å². The maximum atomic E-state index is 6.28. The fourth-order valence-electron chi connectivity index (χ4n) is 2.21. The van der Waals surface area contributed by atoms with Crippen molar-refractivity contribution in [2.24, 2.45) is 0 Å². The predicted molar refractivity (Wildman–Crippen MR) is 77.9 cm³/mol. The number of aromatic nitrogens is 1. The second-order valence-electron chi connectivity index (χ2n) is 4.32. The molecule has 5 heteroatoms. The molecule has 0 bridgehead atoms. The number of fused-ring (bicyclic) bond motifs is 1. The standard InChI is InChI=1S/C13H12Cl2N2S/c14-6-9-5-11(15)13(16-7-9)17-3-1-12-10(8-17)2-4-18-12/h2,4-5,7H,1,3,6,8H2. The first-order valence-electron chi connectivity index (χ1n) is 5.78. The van der Waals surface area contributed by atoms with Crippen molar-refractivity contribution >= 4 is 40.4 Å². The van der Waals surface area contributed by atoms with Crippen molar-refractivity contribution in [3.05, 3.63) is 44.7 Å². The van der Waals surface area contributed by atoms with Gasteiger partial charge in [-0.05, 0) is 35.1 Å². The van der Waals surface area contributed by atoms with E-state index in [0.29, 0.717) is 10.9 Å². The van der Waals surface area contributed by atoms with Crippen LogP contribution in [0.2, 0.25) is 5.02 Å². The monoisotopic (exact) mass is 298 g/mol. The summed E-state index contributed by atoms with van der Waals surface area (Å²) in [6.45, 7) is 1.87. The summed E-state index contributed by atoms with van der Waals surface area (Å²) < 4.78 is 0. The summed E-state index contributed by atoms with van der Waals surface area (Å²) in [7, 11) is 0. The smallest absolute Gasteiger partial charge is 0.147 e. The predicted octanol–water partition coefficient (Wildman–Crippen LogP) is 4.10. The van der Waals surface area contributed by atoms with Gasteiger partial charge in [0.1, 0.15) is 5.82 Å². The first-order chi connectivity index (χ1) is 8.78.